The van der Waals surface area contributed by atoms with Gasteiger partial charge in [-0.15, -0.1) is 0 Å². The Hall–Kier alpha value is -2.11. The van der Waals surface area contributed by atoms with Crippen molar-refractivity contribution in [2.24, 2.45) is 0 Å². The van der Waals surface area contributed by atoms with E-state index in [1.54, 1.807) is 13.0 Å². The van der Waals surface area contributed by atoms with Crippen molar-refractivity contribution in [2.75, 3.05) is 12.4 Å². The van der Waals surface area contributed by atoms with Crippen molar-refractivity contribution in [3.63, 3.8) is 0 Å². The van der Waals surface area contributed by atoms with Crippen LogP contribution in [0.3, 0.4) is 0 Å². The molecule has 90 valence electrons. The first kappa shape index (κ1) is 11.4. The summed E-state index contributed by atoms with van der Waals surface area (Å²) in [6.45, 7) is 2.11. The number of aryl methyl sites for hydroxylation is 1. The number of aromatic nitrogens is 2. The molecule has 1 N–H and O–H groups in total. The van der Waals surface area contributed by atoms with E-state index in [1.807, 2.05) is 0 Å². The number of halogens is 1. The molecule has 0 aliphatic carbocycles. The van der Waals surface area contributed by atoms with E-state index in [1.165, 1.54) is 19.2 Å². The van der Waals surface area contributed by atoms with E-state index >= 15 is 0 Å². The highest BCUT2D eigenvalue weighted by molar-refractivity contribution is 5.56. The Morgan fingerprint density at radius 1 is 1.47 bits per heavy atom. The van der Waals surface area contributed by atoms with Gasteiger partial charge in [0.2, 0.25) is 5.89 Å². The fourth-order valence-electron chi connectivity index (χ4n) is 1.40. The van der Waals surface area contributed by atoms with Crippen molar-refractivity contribution in [2.45, 2.75) is 13.5 Å². The van der Waals surface area contributed by atoms with Crippen LogP contribution in [0, 0.1) is 12.7 Å². The fraction of sp³-hybridized carbons (Fsp3) is 0.273. The monoisotopic (exact) mass is 237 g/mol. The van der Waals surface area contributed by atoms with E-state index < -0.39 is 0 Å². The highest BCUT2D eigenvalue weighted by atomic mass is 19.1. The summed E-state index contributed by atoms with van der Waals surface area (Å²) < 4.78 is 22.8. The molecule has 2 rings (SSSR count). The molecule has 0 saturated carbocycles. The normalized spacial score (nSPS) is 10.3. The van der Waals surface area contributed by atoms with Gasteiger partial charge in [-0.25, -0.2) is 4.39 Å². The predicted molar refractivity (Wildman–Crippen MR) is 59.3 cm³/mol. The van der Waals surface area contributed by atoms with Crippen molar-refractivity contribution < 1.29 is 13.7 Å². The minimum Gasteiger partial charge on any atom is -0.494 e. The number of nitrogens with one attached hydrogen (secondary N) is 1. The molecule has 6 heteroatoms. The molecule has 0 fully saturated rings. The zero-order valence-corrected chi connectivity index (χ0v) is 9.53. The highest BCUT2D eigenvalue weighted by Gasteiger charge is 2.06. The van der Waals surface area contributed by atoms with Gasteiger partial charge in [0.25, 0.3) is 0 Å². The summed E-state index contributed by atoms with van der Waals surface area (Å²) in [5.74, 6) is 1.13. The van der Waals surface area contributed by atoms with Crippen LogP contribution in [0.15, 0.2) is 22.7 Å². The van der Waals surface area contributed by atoms with Crippen LogP contribution in [0.1, 0.15) is 11.7 Å². The first-order valence-electron chi connectivity index (χ1n) is 5.05. The van der Waals surface area contributed by atoms with E-state index in [2.05, 4.69) is 15.5 Å². The summed E-state index contributed by atoms with van der Waals surface area (Å²) in [5, 5.41) is 6.78. The molecule has 0 radical (unpaired) electrons. The molecule has 0 aliphatic heterocycles. The Balaban J connectivity index is 2.08. The van der Waals surface area contributed by atoms with Gasteiger partial charge in [-0.05, 0) is 12.1 Å². The predicted octanol–water partition coefficient (Wildman–Crippen LogP) is 2.14. The topological polar surface area (TPSA) is 60.2 Å². The number of nitrogens with zero attached hydrogens (tertiary/aromatic N) is 2. The number of benzene rings is 1. The molecule has 5 nitrogen and oxygen atoms in total. The van der Waals surface area contributed by atoms with Crippen LogP contribution in [0.4, 0.5) is 10.1 Å². The maximum Gasteiger partial charge on any atom is 0.223 e. The van der Waals surface area contributed by atoms with Gasteiger partial charge >= 0.3 is 0 Å². The Kier molecular flexibility index (Phi) is 3.22. The second-order valence-electron chi connectivity index (χ2n) is 3.43. The average molecular weight is 237 g/mol. The minimum absolute atomic E-state index is 0.345. The summed E-state index contributed by atoms with van der Waals surface area (Å²) in [5.41, 5.74) is 0.677. The molecule has 1 heterocycles. The van der Waals surface area contributed by atoms with Crippen molar-refractivity contribution in [3.8, 4) is 5.75 Å². The lowest BCUT2D eigenvalue weighted by atomic mass is 10.3. The molecule has 1 aromatic heterocycles. The van der Waals surface area contributed by atoms with E-state index in [0.29, 0.717) is 29.7 Å². The number of hydrogen-bond donors (Lipinski definition) is 1. The number of methoxy groups -OCH3 is 1. The van der Waals surface area contributed by atoms with E-state index in [-0.39, 0.29) is 5.82 Å². The summed E-state index contributed by atoms with van der Waals surface area (Å²) in [6.07, 6.45) is 0. The number of rotatable bonds is 4. The van der Waals surface area contributed by atoms with E-state index in [0.717, 1.165) is 0 Å². The molecule has 0 saturated heterocycles. The van der Waals surface area contributed by atoms with Crippen LogP contribution >= 0.6 is 0 Å². The third-order valence-electron chi connectivity index (χ3n) is 2.17. The van der Waals surface area contributed by atoms with Gasteiger partial charge < -0.3 is 14.6 Å². The molecule has 0 atom stereocenters. The number of anilines is 1. The number of hydrogen-bond acceptors (Lipinski definition) is 5. The molecule has 0 amide bonds. The lowest BCUT2D eigenvalue weighted by Crippen LogP contribution is -2.03. The van der Waals surface area contributed by atoms with Gasteiger partial charge in [0.05, 0.1) is 19.3 Å². The van der Waals surface area contributed by atoms with Crippen molar-refractivity contribution in [1.82, 2.24) is 10.1 Å². The quantitative estimate of drug-likeness (QED) is 0.882. The molecule has 0 spiro atoms. The summed E-state index contributed by atoms with van der Waals surface area (Å²) in [6, 6.07) is 4.26. The Labute approximate surface area is 97.6 Å². The maximum atomic E-state index is 13.0. The highest BCUT2D eigenvalue weighted by Crippen LogP contribution is 2.25. The first-order chi connectivity index (χ1) is 8.19. The van der Waals surface area contributed by atoms with Crippen molar-refractivity contribution in [3.05, 3.63) is 35.7 Å². The molecule has 1 aromatic carbocycles. The van der Waals surface area contributed by atoms with Gasteiger partial charge in [0.1, 0.15) is 11.6 Å². The molecule has 0 unspecified atom stereocenters. The molecular formula is C11H12FN3O2. The summed E-state index contributed by atoms with van der Waals surface area (Å²) in [4.78, 5) is 4.04. The van der Waals surface area contributed by atoms with Gasteiger partial charge in [-0.2, -0.15) is 4.98 Å². The standard InChI is InChI=1S/C11H12FN3O2/c1-7-14-11(15-17-7)6-13-9-4-3-8(12)5-10(9)16-2/h3-5,13H,6H2,1-2H3. The molecule has 2 aromatic rings. The molecule has 0 aliphatic rings. The average Bonchev–Trinajstić information content (AvgIpc) is 2.73. The lowest BCUT2D eigenvalue weighted by molar-refractivity contribution is 0.388. The van der Waals surface area contributed by atoms with Crippen molar-refractivity contribution >= 4 is 5.69 Å². The van der Waals surface area contributed by atoms with Crippen LogP contribution < -0.4 is 10.1 Å². The van der Waals surface area contributed by atoms with Crippen LogP contribution in [0.25, 0.3) is 0 Å². The first-order valence-corrected chi connectivity index (χ1v) is 5.05. The molecule has 17 heavy (non-hydrogen) atoms. The largest absolute Gasteiger partial charge is 0.494 e. The lowest BCUT2D eigenvalue weighted by Gasteiger charge is -2.09. The zero-order chi connectivity index (χ0) is 12.3. The summed E-state index contributed by atoms with van der Waals surface area (Å²) >= 11 is 0. The Morgan fingerprint density at radius 3 is 2.94 bits per heavy atom. The van der Waals surface area contributed by atoms with Gasteiger partial charge in [0.15, 0.2) is 5.82 Å². The van der Waals surface area contributed by atoms with Crippen LogP contribution in [0.2, 0.25) is 0 Å². The van der Waals surface area contributed by atoms with Crippen LogP contribution in [0.5, 0.6) is 5.75 Å². The van der Waals surface area contributed by atoms with Crippen molar-refractivity contribution in [1.29, 1.82) is 0 Å². The van der Waals surface area contributed by atoms with Crippen LogP contribution in [-0.4, -0.2) is 17.3 Å². The molecular weight excluding hydrogens is 225 g/mol. The SMILES string of the molecule is COc1cc(F)ccc1NCc1noc(C)n1. The van der Waals surface area contributed by atoms with Gasteiger partial charge in [-0.3, -0.25) is 0 Å². The Morgan fingerprint density at radius 2 is 2.29 bits per heavy atom. The second-order valence-corrected chi connectivity index (χ2v) is 3.43. The van der Waals surface area contributed by atoms with Gasteiger partial charge in [-0.1, -0.05) is 5.16 Å². The Bertz CT molecular complexity index is 513. The molecule has 0 bridgehead atoms. The van der Waals surface area contributed by atoms with Gasteiger partial charge in [0, 0.05) is 13.0 Å². The zero-order valence-electron chi connectivity index (χ0n) is 9.53. The third-order valence-corrected chi connectivity index (χ3v) is 2.17. The van der Waals surface area contributed by atoms with E-state index in [4.69, 9.17) is 9.26 Å². The maximum absolute atomic E-state index is 13.0. The minimum atomic E-state index is -0.345. The summed E-state index contributed by atoms with van der Waals surface area (Å²) in [7, 11) is 1.48. The third kappa shape index (κ3) is 2.72. The fourth-order valence-corrected chi connectivity index (χ4v) is 1.40. The van der Waals surface area contributed by atoms with E-state index in [9.17, 15) is 4.39 Å². The van der Waals surface area contributed by atoms with Crippen LogP contribution in [-0.2, 0) is 6.54 Å². The number of ether oxygens (including phenoxy) is 1. The second kappa shape index (κ2) is 4.82. The smallest absolute Gasteiger partial charge is 0.223 e.